The van der Waals surface area contributed by atoms with E-state index in [4.69, 9.17) is 5.11 Å². The summed E-state index contributed by atoms with van der Waals surface area (Å²) in [5.74, 6) is -1.43. The van der Waals surface area contributed by atoms with Crippen molar-refractivity contribution in [3.05, 3.63) is 29.6 Å². The van der Waals surface area contributed by atoms with Crippen molar-refractivity contribution in [2.45, 2.75) is 23.0 Å². The molecule has 20 heavy (non-hydrogen) atoms. The molecule has 1 aliphatic heterocycles. The lowest BCUT2D eigenvalue weighted by atomic mass is 10.2. The summed E-state index contributed by atoms with van der Waals surface area (Å²) in [4.78, 5) is 10.6. The van der Waals surface area contributed by atoms with Crippen LogP contribution >= 0.6 is 11.8 Å². The van der Waals surface area contributed by atoms with Crippen LogP contribution < -0.4 is 4.72 Å². The van der Waals surface area contributed by atoms with E-state index in [0.29, 0.717) is 6.54 Å². The number of rotatable bonds is 5. The van der Waals surface area contributed by atoms with Gasteiger partial charge in [0.1, 0.15) is 5.82 Å². The van der Waals surface area contributed by atoms with Gasteiger partial charge in [0, 0.05) is 11.8 Å². The van der Waals surface area contributed by atoms with Crippen LogP contribution in [0.5, 0.6) is 0 Å². The molecule has 0 saturated carbocycles. The van der Waals surface area contributed by atoms with E-state index in [1.807, 2.05) is 0 Å². The van der Waals surface area contributed by atoms with Crippen molar-refractivity contribution in [3.8, 4) is 0 Å². The summed E-state index contributed by atoms with van der Waals surface area (Å²) in [5.41, 5.74) is -0.650. The van der Waals surface area contributed by atoms with Crippen molar-refractivity contribution in [2.75, 3.05) is 12.3 Å². The number of nitrogens with one attached hydrogen (secondary N) is 1. The molecule has 110 valence electrons. The first-order chi connectivity index (χ1) is 9.40. The summed E-state index contributed by atoms with van der Waals surface area (Å²) in [5, 5.41) is 9.04. The van der Waals surface area contributed by atoms with E-state index in [1.165, 1.54) is 0 Å². The first-order valence-corrected chi connectivity index (χ1v) is 8.57. The summed E-state index contributed by atoms with van der Waals surface area (Å²) < 4.78 is 39.8. The first kappa shape index (κ1) is 15.3. The predicted octanol–water partition coefficient (Wildman–Crippen LogP) is 1.70. The monoisotopic (exact) mass is 319 g/mol. The third kappa shape index (κ3) is 3.50. The number of carboxylic acids is 1. The van der Waals surface area contributed by atoms with E-state index in [0.717, 1.165) is 36.8 Å². The molecular weight excluding hydrogens is 305 g/mol. The number of carbonyl (C=O) groups is 1. The Hall–Kier alpha value is -1.12. The van der Waals surface area contributed by atoms with Gasteiger partial charge in [0.15, 0.2) is 0 Å². The van der Waals surface area contributed by atoms with Crippen LogP contribution in [0.25, 0.3) is 0 Å². The smallest absolute Gasteiger partial charge is 0.338 e. The average molecular weight is 319 g/mol. The molecule has 8 heteroatoms. The van der Waals surface area contributed by atoms with Gasteiger partial charge in [-0.05, 0) is 36.8 Å². The Morgan fingerprint density at radius 3 is 2.85 bits per heavy atom. The number of thioether (sulfide) groups is 1. The topological polar surface area (TPSA) is 83.5 Å². The minimum absolute atomic E-state index is 0.237. The molecule has 0 bridgehead atoms. The maximum atomic E-state index is 13.2. The Labute approximate surface area is 120 Å². The molecule has 1 aliphatic rings. The van der Waals surface area contributed by atoms with Crippen LogP contribution in [0.15, 0.2) is 23.1 Å². The van der Waals surface area contributed by atoms with Gasteiger partial charge in [0.25, 0.3) is 0 Å². The van der Waals surface area contributed by atoms with Crippen molar-refractivity contribution in [2.24, 2.45) is 0 Å². The minimum atomic E-state index is -3.81. The maximum Gasteiger partial charge on any atom is 0.338 e. The predicted molar refractivity (Wildman–Crippen MR) is 74.0 cm³/mol. The second kappa shape index (κ2) is 6.11. The summed E-state index contributed by atoms with van der Waals surface area (Å²) in [6.07, 6.45) is 2.02. The molecule has 1 aromatic rings. The van der Waals surface area contributed by atoms with E-state index in [2.05, 4.69) is 4.72 Å². The Kier molecular flexibility index (Phi) is 4.66. The van der Waals surface area contributed by atoms with Gasteiger partial charge in [-0.3, -0.25) is 0 Å². The first-order valence-electron chi connectivity index (χ1n) is 6.04. The fourth-order valence-corrected chi connectivity index (χ4v) is 4.34. The normalized spacial score (nSPS) is 19.1. The fraction of sp³-hybridized carbons (Fsp3) is 0.417. The number of carboxylic acid groups (broad SMARTS) is 1. The number of hydrogen-bond donors (Lipinski definition) is 2. The molecule has 1 saturated heterocycles. The van der Waals surface area contributed by atoms with Crippen molar-refractivity contribution in [3.63, 3.8) is 0 Å². The maximum absolute atomic E-state index is 13.2. The molecule has 1 unspecified atom stereocenters. The van der Waals surface area contributed by atoms with Gasteiger partial charge < -0.3 is 5.11 Å². The molecule has 0 amide bonds. The molecule has 0 aromatic heterocycles. The van der Waals surface area contributed by atoms with Crippen LogP contribution in [-0.2, 0) is 10.0 Å². The van der Waals surface area contributed by atoms with Crippen molar-refractivity contribution >= 4 is 27.8 Å². The number of hydrogen-bond acceptors (Lipinski definition) is 4. The summed E-state index contributed by atoms with van der Waals surface area (Å²) >= 11 is 1.71. The third-order valence-corrected chi connectivity index (χ3v) is 5.82. The van der Waals surface area contributed by atoms with Gasteiger partial charge in [-0.15, -0.1) is 0 Å². The van der Waals surface area contributed by atoms with E-state index in [9.17, 15) is 17.6 Å². The molecule has 0 spiro atoms. The van der Waals surface area contributed by atoms with Crippen LogP contribution in [0, 0.1) is 5.82 Å². The molecule has 1 heterocycles. The molecule has 2 N–H and O–H groups in total. The Balaban J connectivity index is 2.16. The summed E-state index contributed by atoms with van der Waals surface area (Å²) in [6.45, 7) is 0.298. The molecule has 0 aliphatic carbocycles. The molecule has 2 rings (SSSR count). The van der Waals surface area contributed by atoms with Crippen LogP contribution in [0.2, 0.25) is 0 Å². The van der Waals surface area contributed by atoms with Crippen LogP contribution in [0.3, 0.4) is 0 Å². The second-order valence-electron chi connectivity index (χ2n) is 4.43. The molecule has 1 fully saturated rings. The van der Waals surface area contributed by atoms with E-state index in [-0.39, 0.29) is 10.1 Å². The fourth-order valence-electron chi connectivity index (χ4n) is 1.93. The Bertz CT molecular complexity index is 612. The van der Waals surface area contributed by atoms with E-state index < -0.39 is 27.4 Å². The van der Waals surface area contributed by atoms with Gasteiger partial charge >= 0.3 is 5.97 Å². The number of aromatic carboxylic acids is 1. The van der Waals surface area contributed by atoms with E-state index in [1.54, 1.807) is 11.8 Å². The lowest BCUT2D eigenvalue weighted by Crippen LogP contribution is -2.30. The zero-order valence-electron chi connectivity index (χ0n) is 10.5. The highest BCUT2D eigenvalue weighted by Gasteiger charge is 2.22. The van der Waals surface area contributed by atoms with Gasteiger partial charge in [0.2, 0.25) is 10.0 Å². The van der Waals surface area contributed by atoms with Crippen molar-refractivity contribution in [1.29, 1.82) is 0 Å². The average Bonchev–Trinajstić information content (AvgIpc) is 2.89. The Morgan fingerprint density at radius 2 is 2.25 bits per heavy atom. The van der Waals surface area contributed by atoms with Gasteiger partial charge in [-0.25, -0.2) is 22.3 Å². The number of halogens is 1. The quantitative estimate of drug-likeness (QED) is 0.863. The van der Waals surface area contributed by atoms with E-state index >= 15 is 0 Å². The van der Waals surface area contributed by atoms with Gasteiger partial charge in [-0.1, -0.05) is 0 Å². The largest absolute Gasteiger partial charge is 0.478 e. The van der Waals surface area contributed by atoms with Gasteiger partial charge in [-0.2, -0.15) is 11.8 Å². The van der Waals surface area contributed by atoms with Crippen molar-refractivity contribution in [1.82, 2.24) is 4.72 Å². The highest BCUT2D eigenvalue weighted by molar-refractivity contribution is 8.00. The highest BCUT2D eigenvalue weighted by atomic mass is 32.2. The molecule has 0 radical (unpaired) electrons. The Morgan fingerprint density at radius 1 is 1.50 bits per heavy atom. The minimum Gasteiger partial charge on any atom is -0.478 e. The summed E-state index contributed by atoms with van der Waals surface area (Å²) in [7, 11) is -3.81. The molecule has 1 atom stereocenters. The van der Waals surface area contributed by atoms with Gasteiger partial charge in [0.05, 0.1) is 10.5 Å². The standard InChI is InChI=1S/C12H14FNO4S2/c13-11-4-3-9(6-10(11)12(15)16)20(17,18)14-7-8-2-1-5-19-8/h3-4,6,8,14H,1-2,5,7H2,(H,15,16). The molecule has 1 aromatic carbocycles. The summed E-state index contributed by atoms with van der Waals surface area (Å²) in [6, 6.07) is 2.75. The zero-order chi connectivity index (χ0) is 14.8. The second-order valence-corrected chi connectivity index (χ2v) is 7.61. The number of sulfonamides is 1. The van der Waals surface area contributed by atoms with Crippen LogP contribution in [0.1, 0.15) is 23.2 Å². The lowest BCUT2D eigenvalue weighted by molar-refractivity contribution is 0.0691. The third-order valence-electron chi connectivity index (χ3n) is 3.00. The number of benzene rings is 1. The SMILES string of the molecule is O=C(O)c1cc(S(=O)(=O)NCC2CCCS2)ccc1F. The van der Waals surface area contributed by atoms with Crippen LogP contribution in [0.4, 0.5) is 4.39 Å². The zero-order valence-corrected chi connectivity index (χ0v) is 12.1. The lowest BCUT2D eigenvalue weighted by Gasteiger charge is -2.11. The highest BCUT2D eigenvalue weighted by Crippen LogP contribution is 2.25. The van der Waals surface area contributed by atoms with Crippen molar-refractivity contribution < 1.29 is 22.7 Å². The molecular formula is C12H14FNO4S2. The van der Waals surface area contributed by atoms with Crippen LogP contribution in [-0.4, -0.2) is 37.0 Å². The molecule has 5 nitrogen and oxygen atoms in total.